The third-order valence-electron chi connectivity index (χ3n) is 7.42. The van der Waals surface area contributed by atoms with Gasteiger partial charge >= 0.3 is 0 Å². The molecule has 9 heteroatoms. The number of nitrogens with one attached hydrogen (secondary N) is 3. The second-order valence-electron chi connectivity index (χ2n) is 10.1. The topological polar surface area (TPSA) is 105 Å². The molecule has 32 heavy (non-hydrogen) atoms. The average molecular weight is 455 g/mol. The van der Waals surface area contributed by atoms with E-state index in [0.717, 1.165) is 41.5 Å². The fourth-order valence-corrected chi connectivity index (χ4v) is 6.56. The minimum Gasteiger partial charge on any atom is -0.366 e. The van der Waals surface area contributed by atoms with Crippen LogP contribution in [0.25, 0.3) is 0 Å². The van der Waals surface area contributed by atoms with Crippen molar-refractivity contribution in [1.29, 1.82) is 5.41 Å². The molecule has 0 radical (unpaired) electrons. The van der Waals surface area contributed by atoms with Gasteiger partial charge in [0.15, 0.2) is 0 Å². The van der Waals surface area contributed by atoms with Crippen molar-refractivity contribution in [1.82, 2.24) is 20.4 Å². The van der Waals surface area contributed by atoms with Gasteiger partial charge in [-0.2, -0.15) is 0 Å². The molecule has 5 rings (SSSR count). The lowest BCUT2D eigenvalue weighted by molar-refractivity contribution is -0.0714. The maximum Gasteiger partial charge on any atom is 0.140 e. The largest absolute Gasteiger partial charge is 0.366 e. The highest BCUT2D eigenvalue weighted by Crippen LogP contribution is 2.49. The van der Waals surface area contributed by atoms with Crippen molar-refractivity contribution in [3.8, 4) is 0 Å². The van der Waals surface area contributed by atoms with Gasteiger partial charge in [-0.1, -0.05) is 11.8 Å². The van der Waals surface area contributed by atoms with E-state index in [1.54, 1.807) is 6.34 Å². The molecule has 0 aromatic rings. The molecule has 5 N–H and O–H groups in total. The predicted molar refractivity (Wildman–Crippen MR) is 133 cm³/mol. The molecule has 0 amide bonds. The summed E-state index contributed by atoms with van der Waals surface area (Å²) >= 11 is 1.51. The summed E-state index contributed by atoms with van der Waals surface area (Å²) in [5.41, 5.74) is 9.93. The summed E-state index contributed by atoms with van der Waals surface area (Å²) in [6.45, 7) is 9.43. The van der Waals surface area contributed by atoms with Crippen molar-refractivity contribution in [3.05, 3.63) is 33.6 Å². The van der Waals surface area contributed by atoms with Gasteiger partial charge in [0.2, 0.25) is 0 Å². The molecule has 0 bridgehead atoms. The van der Waals surface area contributed by atoms with Gasteiger partial charge in [-0.05, 0) is 50.2 Å². The maximum absolute atomic E-state index is 8.48. The summed E-state index contributed by atoms with van der Waals surface area (Å²) < 4.78 is 0. The molecule has 8 nitrogen and oxygen atoms in total. The van der Waals surface area contributed by atoms with E-state index in [9.17, 15) is 0 Å². The number of hydrogen-bond donors (Lipinski definition) is 4. The molecule has 0 aromatic heterocycles. The maximum atomic E-state index is 8.48. The zero-order chi connectivity index (χ0) is 22.6. The second kappa shape index (κ2) is 8.04. The van der Waals surface area contributed by atoms with Crippen LogP contribution in [0, 0.1) is 10.8 Å². The molecule has 0 aromatic carbocycles. The Morgan fingerprint density at radius 3 is 2.88 bits per heavy atom. The van der Waals surface area contributed by atoms with E-state index in [2.05, 4.69) is 50.6 Å². The second-order valence-corrected chi connectivity index (χ2v) is 11.1. The van der Waals surface area contributed by atoms with Gasteiger partial charge in [-0.15, -0.1) is 0 Å². The molecule has 1 aliphatic carbocycles. The lowest BCUT2D eigenvalue weighted by Crippen LogP contribution is -2.66. The first-order valence-electron chi connectivity index (χ1n) is 11.5. The fraction of sp³-hybridized carbons (Fsp3) is 0.609. The highest BCUT2D eigenvalue weighted by molar-refractivity contribution is 8.18. The molecule has 2 saturated heterocycles. The minimum absolute atomic E-state index is 0.00184. The van der Waals surface area contributed by atoms with Crippen molar-refractivity contribution in [2.24, 2.45) is 21.1 Å². The summed E-state index contributed by atoms with van der Waals surface area (Å²) in [7, 11) is 2.09. The van der Waals surface area contributed by atoms with E-state index in [1.807, 2.05) is 20.1 Å². The smallest absolute Gasteiger partial charge is 0.140 e. The minimum atomic E-state index is -0.0603. The van der Waals surface area contributed by atoms with Gasteiger partial charge in [-0.3, -0.25) is 15.3 Å². The van der Waals surface area contributed by atoms with Crippen LogP contribution in [0.2, 0.25) is 0 Å². The van der Waals surface area contributed by atoms with Crippen LogP contribution in [0.15, 0.2) is 43.6 Å². The number of fused-ring (bicyclic) bond motifs is 1. The lowest BCUT2D eigenvalue weighted by atomic mass is 9.60. The van der Waals surface area contributed by atoms with E-state index in [0.29, 0.717) is 16.5 Å². The number of nitrogens with two attached hydrogens (primary N) is 1. The third-order valence-corrected chi connectivity index (χ3v) is 8.50. The first-order valence-corrected chi connectivity index (χ1v) is 12.3. The van der Waals surface area contributed by atoms with E-state index < -0.39 is 0 Å². The van der Waals surface area contributed by atoms with Gasteiger partial charge in [0.25, 0.3) is 0 Å². The predicted octanol–water partition coefficient (Wildman–Crippen LogP) is 1.84. The Hall–Kier alpha value is -2.10. The van der Waals surface area contributed by atoms with Crippen LogP contribution in [0.4, 0.5) is 0 Å². The first-order chi connectivity index (χ1) is 15.2. The van der Waals surface area contributed by atoms with Gasteiger partial charge in [0, 0.05) is 56.8 Å². The zero-order valence-electron chi connectivity index (χ0n) is 19.4. The Bertz CT molecular complexity index is 960. The van der Waals surface area contributed by atoms with Crippen molar-refractivity contribution >= 4 is 29.4 Å². The quantitative estimate of drug-likeness (QED) is 0.505. The fourth-order valence-electron chi connectivity index (χ4n) is 5.44. The zero-order valence-corrected chi connectivity index (χ0v) is 20.2. The first kappa shape index (κ1) is 21.7. The Kier molecular flexibility index (Phi) is 5.46. The Balaban J connectivity index is 1.17. The van der Waals surface area contributed by atoms with Crippen molar-refractivity contribution in [2.45, 2.75) is 57.9 Å². The normalized spacial score (nSPS) is 31.7. The van der Waals surface area contributed by atoms with E-state index in [1.165, 1.54) is 30.2 Å². The molecule has 1 spiro atoms. The monoisotopic (exact) mass is 454 g/mol. The summed E-state index contributed by atoms with van der Waals surface area (Å²) in [6.07, 6.45) is 8.63. The van der Waals surface area contributed by atoms with Crippen molar-refractivity contribution in [2.75, 3.05) is 26.7 Å². The van der Waals surface area contributed by atoms with Crippen LogP contribution in [-0.2, 0) is 0 Å². The summed E-state index contributed by atoms with van der Waals surface area (Å²) in [5, 5.41) is 16.1. The SMILES string of the molecule is C/C(=C1/C(=N)SC2=C(NC3CC4(C3)CN(CC3=CN(C)C(C)N=C3)C4)N=CNC21)C(C)N. The molecule has 5 aliphatic rings. The van der Waals surface area contributed by atoms with Crippen LogP contribution in [-0.4, -0.2) is 78.4 Å². The van der Waals surface area contributed by atoms with Crippen LogP contribution in [0.1, 0.15) is 33.6 Å². The highest BCUT2D eigenvalue weighted by Gasteiger charge is 2.52. The molecule has 3 atom stereocenters. The van der Waals surface area contributed by atoms with Crippen molar-refractivity contribution in [3.63, 3.8) is 0 Å². The van der Waals surface area contributed by atoms with E-state index in [4.69, 9.17) is 11.1 Å². The summed E-state index contributed by atoms with van der Waals surface area (Å²) in [6, 6.07) is 0.392. The van der Waals surface area contributed by atoms with Crippen LogP contribution in [0.5, 0.6) is 0 Å². The highest BCUT2D eigenvalue weighted by atomic mass is 32.2. The molecular formula is C23H34N8S. The van der Waals surface area contributed by atoms with Crippen LogP contribution >= 0.6 is 11.8 Å². The van der Waals surface area contributed by atoms with Gasteiger partial charge in [0.05, 0.1) is 22.3 Å². The number of rotatable bonds is 5. The molecule has 3 fully saturated rings. The summed E-state index contributed by atoms with van der Waals surface area (Å²) in [5.74, 6) is 0.924. The number of nitrogens with zero attached hydrogens (tertiary/aromatic N) is 4. The summed E-state index contributed by atoms with van der Waals surface area (Å²) in [4.78, 5) is 14.9. The Labute approximate surface area is 194 Å². The van der Waals surface area contributed by atoms with Crippen LogP contribution < -0.4 is 16.4 Å². The molecule has 4 aliphatic heterocycles. The number of aliphatic imine (C=N–C) groups is 2. The Morgan fingerprint density at radius 1 is 1.44 bits per heavy atom. The van der Waals surface area contributed by atoms with Crippen molar-refractivity contribution < 1.29 is 0 Å². The molecule has 172 valence electrons. The Morgan fingerprint density at radius 2 is 2.19 bits per heavy atom. The third kappa shape index (κ3) is 3.80. The molecule has 3 unspecified atom stereocenters. The molecular weight excluding hydrogens is 420 g/mol. The number of likely N-dealkylation sites (tertiary alicyclic amines) is 1. The van der Waals surface area contributed by atoms with Gasteiger partial charge in [-0.25, -0.2) is 4.99 Å². The average Bonchev–Trinajstić information content (AvgIpc) is 3.03. The lowest BCUT2D eigenvalue weighted by Gasteiger charge is -2.59. The molecule has 4 heterocycles. The van der Waals surface area contributed by atoms with Gasteiger partial charge < -0.3 is 21.3 Å². The number of hydrogen-bond acceptors (Lipinski definition) is 9. The number of thioether (sulfide) groups is 1. The standard InChI is InChI=1S/C23H34N8S/c1-13(14(2)24)18-19-20(32-21(18)25)22(28-12-27-19)29-17-5-23(6-17)10-31(11-23)9-16-7-26-15(3)30(4)8-16/h7-8,12,14-15,17,19,25,29H,5-6,9-11,24H2,1-4H3,(H,27,28)/b18-13-,25-21?. The molecule has 1 saturated carbocycles. The van der Waals surface area contributed by atoms with E-state index >= 15 is 0 Å². The van der Waals surface area contributed by atoms with Gasteiger partial charge in [0.1, 0.15) is 12.0 Å². The van der Waals surface area contributed by atoms with E-state index in [-0.39, 0.29) is 18.2 Å². The van der Waals surface area contributed by atoms with Crippen LogP contribution in [0.3, 0.4) is 0 Å².